The Morgan fingerprint density at radius 1 is 1.50 bits per heavy atom. The first-order chi connectivity index (χ1) is 8.45. The highest BCUT2D eigenvalue weighted by molar-refractivity contribution is 5.61. The van der Waals surface area contributed by atoms with Crippen LogP contribution in [0.2, 0.25) is 0 Å². The van der Waals surface area contributed by atoms with E-state index in [1.807, 2.05) is 13.8 Å². The molecule has 0 bridgehead atoms. The Labute approximate surface area is 105 Å². The molecule has 1 N–H and O–H groups in total. The molecule has 100 valence electrons. The monoisotopic (exact) mass is 256 g/mol. The van der Waals surface area contributed by atoms with Crippen LogP contribution < -0.4 is 5.32 Å². The van der Waals surface area contributed by atoms with E-state index in [0.29, 0.717) is 6.61 Å². The van der Waals surface area contributed by atoms with Gasteiger partial charge in [-0.05, 0) is 12.0 Å². The Morgan fingerprint density at radius 3 is 2.67 bits per heavy atom. The zero-order valence-corrected chi connectivity index (χ0v) is 10.6. The number of benzene rings is 1. The van der Waals surface area contributed by atoms with Gasteiger partial charge in [-0.2, -0.15) is 0 Å². The number of anilines is 1. The smallest absolute Gasteiger partial charge is 0.292 e. The number of nitro benzene ring substituents is 1. The number of rotatable bonds is 6. The van der Waals surface area contributed by atoms with Crippen LogP contribution in [0.5, 0.6) is 0 Å². The molecule has 0 aromatic heterocycles. The summed E-state index contributed by atoms with van der Waals surface area (Å²) in [5.74, 6) is -0.309. The van der Waals surface area contributed by atoms with Gasteiger partial charge < -0.3 is 10.1 Å². The second-order valence-electron chi connectivity index (χ2n) is 4.37. The molecule has 18 heavy (non-hydrogen) atoms. The number of halogens is 1. The number of ether oxygens (including phenoxy) is 1. The van der Waals surface area contributed by atoms with Crippen LogP contribution >= 0.6 is 0 Å². The molecule has 1 atom stereocenters. The number of hydrogen-bond acceptors (Lipinski definition) is 4. The van der Waals surface area contributed by atoms with E-state index in [4.69, 9.17) is 4.74 Å². The van der Waals surface area contributed by atoms with Crippen molar-refractivity contribution >= 4 is 11.4 Å². The minimum atomic E-state index is -0.536. The number of methoxy groups -OCH3 is 1. The summed E-state index contributed by atoms with van der Waals surface area (Å²) in [6.07, 6.45) is 0. The summed E-state index contributed by atoms with van der Waals surface area (Å²) in [6, 6.07) is 3.24. The summed E-state index contributed by atoms with van der Waals surface area (Å²) in [4.78, 5) is 10.3. The van der Waals surface area contributed by atoms with Crippen molar-refractivity contribution in [2.75, 3.05) is 19.0 Å². The molecular formula is C12H17FN2O3. The van der Waals surface area contributed by atoms with Crippen molar-refractivity contribution in [2.45, 2.75) is 19.9 Å². The number of nitro groups is 1. The molecule has 5 nitrogen and oxygen atoms in total. The number of hydrogen-bond donors (Lipinski definition) is 1. The maximum Gasteiger partial charge on any atom is 0.292 e. The lowest BCUT2D eigenvalue weighted by atomic mass is 10.0. The van der Waals surface area contributed by atoms with Gasteiger partial charge >= 0.3 is 0 Å². The standard InChI is InChI=1S/C12H17FN2O3/c1-8(2)11(7-18-3)14-10-6-9(13)4-5-12(10)15(16)17/h4-6,8,11,14H,7H2,1-3H3. The lowest BCUT2D eigenvalue weighted by Gasteiger charge is -2.22. The van der Waals surface area contributed by atoms with Crippen LogP contribution in [0.3, 0.4) is 0 Å². The second kappa shape index (κ2) is 6.30. The van der Waals surface area contributed by atoms with Crippen LogP contribution in [0, 0.1) is 21.8 Å². The van der Waals surface area contributed by atoms with Crippen LogP contribution in [-0.4, -0.2) is 24.7 Å². The second-order valence-corrected chi connectivity index (χ2v) is 4.37. The maximum atomic E-state index is 13.2. The average molecular weight is 256 g/mol. The van der Waals surface area contributed by atoms with E-state index in [0.717, 1.165) is 18.2 Å². The first kappa shape index (κ1) is 14.4. The molecule has 0 spiro atoms. The molecule has 0 saturated heterocycles. The molecule has 0 amide bonds. The largest absolute Gasteiger partial charge is 0.383 e. The van der Waals surface area contributed by atoms with Crippen LogP contribution in [0.1, 0.15) is 13.8 Å². The summed E-state index contributed by atoms with van der Waals surface area (Å²) in [7, 11) is 1.55. The van der Waals surface area contributed by atoms with Crippen molar-refractivity contribution < 1.29 is 14.1 Å². The van der Waals surface area contributed by atoms with Gasteiger partial charge in [0.15, 0.2) is 0 Å². The van der Waals surface area contributed by atoms with Crippen LogP contribution in [0.15, 0.2) is 18.2 Å². The fraction of sp³-hybridized carbons (Fsp3) is 0.500. The Morgan fingerprint density at radius 2 is 2.17 bits per heavy atom. The predicted molar refractivity (Wildman–Crippen MR) is 67.2 cm³/mol. The van der Waals surface area contributed by atoms with E-state index < -0.39 is 10.7 Å². The van der Waals surface area contributed by atoms with Crippen LogP contribution in [0.25, 0.3) is 0 Å². The van der Waals surface area contributed by atoms with Crippen molar-refractivity contribution in [1.29, 1.82) is 0 Å². The minimum absolute atomic E-state index is 0.115. The Hall–Kier alpha value is -1.69. The van der Waals surface area contributed by atoms with Gasteiger partial charge in [0.1, 0.15) is 11.5 Å². The molecule has 0 aliphatic rings. The van der Waals surface area contributed by atoms with E-state index in [2.05, 4.69) is 5.32 Å². The van der Waals surface area contributed by atoms with Crippen molar-refractivity contribution in [1.82, 2.24) is 0 Å². The number of nitrogens with zero attached hydrogens (tertiary/aromatic N) is 1. The third-order valence-corrected chi connectivity index (χ3v) is 2.65. The quantitative estimate of drug-likeness (QED) is 0.628. The Balaban J connectivity index is 3.00. The zero-order chi connectivity index (χ0) is 13.7. The summed E-state index contributed by atoms with van der Waals surface area (Å²) in [5.41, 5.74) is 0.0360. The van der Waals surface area contributed by atoms with Gasteiger partial charge in [0.2, 0.25) is 0 Å². The third kappa shape index (κ3) is 3.66. The molecule has 1 rings (SSSR count). The van der Waals surface area contributed by atoms with Crippen molar-refractivity contribution in [3.05, 3.63) is 34.1 Å². The normalized spacial score (nSPS) is 12.5. The first-order valence-corrected chi connectivity index (χ1v) is 5.65. The van der Waals surface area contributed by atoms with Gasteiger partial charge in [0.05, 0.1) is 17.6 Å². The Bertz CT molecular complexity index is 424. The van der Waals surface area contributed by atoms with E-state index in [9.17, 15) is 14.5 Å². The van der Waals surface area contributed by atoms with Gasteiger partial charge in [-0.25, -0.2) is 4.39 Å². The molecular weight excluding hydrogens is 239 g/mol. The minimum Gasteiger partial charge on any atom is -0.383 e. The lowest BCUT2D eigenvalue weighted by Crippen LogP contribution is -2.30. The SMILES string of the molecule is COCC(Nc1cc(F)ccc1[N+](=O)[O-])C(C)C. The molecule has 1 aromatic carbocycles. The van der Waals surface area contributed by atoms with Crippen LogP contribution in [0.4, 0.5) is 15.8 Å². The van der Waals surface area contributed by atoms with E-state index in [-0.39, 0.29) is 23.3 Å². The molecule has 6 heteroatoms. The highest BCUT2D eigenvalue weighted by Crippen LogP contribution is 2.26. The van der Waals surface area contributed by atoms with E-state index >= 15 is 0 Å². The summed E-state index contributed by atoms with van der Waals surface area (Å²) in [5, 5.41) is 13.8. The van der Waals surface area contributed by atoms with E-state index in [1.54, 1.807) is 7.11 Å². The summed E-state index contributed by atoms with van der Waals surface area (Å²) >= 11 is 0. The fourth-order valence-corrected chi connectivity index (χ4v) is 1.56. The number of nitrogens with one attached hydrogen (secondary N) is 1. The van der Waals surface area contributed by atoms with Gasteiger partial charge in [-0.15, -0.1) is 0 Å². The molecule has 0 heterocycles. The molecule has 0 aliphatic heterocycles. The van der Waals surface area contributed by atoms with Crippen molar-refractivity contribution in [3.8, 4) is 0 Å². The molecule has 0 saturated carbocycles. The molecule has 0 fully saturated rings. The average Bonchev–Trinajstić information content (AvgIpc) is 2.28. The molecule has 0 radical (unpaired) electrons. The van der Waals surface area contributed by atoms with Crippen molar-refractivity contribution in [2.24, 2.45) is 5.92 Å². The molecule has 0 aliphatic carbocycles. The zero-order valence-electron chi connectivity index (χ0n) is 10.6. The van der Waals surface area contributed by atoms with Gasteiger partial charge in [0.25, 0.3) is 5.69 Å². The van der Waals surface area contributed by atoms with Crippen LogP contribution in [-0.2, 0) is 4.74 Å². The van der Waals surface area contributed by atoms with Crippen molar-refractivity contribution in [3.63, 3.8) is 0 Å². The Kier molecular flexibility index (Phi) is 5.03. The topological polar surface area (TPSA) is 64.4 Å². The predicted octanol–water partition coefficient (Wildman–Crippen LogP) is 2.82. The lowest BCUT2D eigenvalue weighted by molar-refractivity contribution is -0.384. The highest BCUT2D eigenvalue weighted by atomic mass is 19.1. The van der Waals surface area contributed by atoms with Gasteiger partial charge in [-0.3, -0.25) is 10.1 Å². The summed E-state index contributed by atoms with van der Waals surface area (Å²) in [6.45, 7) is 4.31. The van der Waals surface area contributed by atoms with E-state index in [1.165, 1.54) is 0 Å². The highest BCUT2D eigenvalue weighted by Gasteiger charge is 2.19. The maximum absolute atomic E-state index is 13.2. The molecule has 1 aromatic rings. The third-order valence-electron chi connectivity index (χ3n) is 2.65. The fourth-order valence-electron chi connectivity index (χ4n) is 1.56. The van der Waals surface area contributed by atoms with Gasteiger partial charge in [0, 0.05) is 19.2 Å². The van der Waals surface area contributed by atoms with Gasteiger partial charge in [-0.1, -0.05) is 13.8 Å². The summed E-state index contributed by atoms with van der Waals surface area (Å²) < 4.78 is 18.2. The molecule has 1 unspecified atom stereocenters. The first-order valence-electron chi connectivity index (χ1n) is 5.65.